The summed E-state index contributed by atoms with van der Waals surface area (Å²) in [7, 11) is 0. The molecule has 2 aromatic rings. The summed E-state index contributed by atoms with van der Waals surface area (Å²) < 4.78 is 2.82. The Morgan fingerprint density at radius 2 is 2.00 bits per heavy atom. The van der Waals surface area contributed by atoms with Crippen LogP contribution in [0.3, 0.4) is 0 Å². The summed E-state index contributed by atoms with van der Waals surface area (Å²) in [5.74, 6) is 0.541. The van der Waals surface area contributed by atoms with E-state index in [2.05, 4.69) is 21.0 Å². The molecular weight excluding hydrogens is 360 g/mol. The Labute approximate surface area is 136 Å². The number of thioether (sulfide) groups is 1. The molecule has 2 rings (SSSR count). The molecule has 1 unspecified atom stereocenters. The highest BCUT2D eigenvalue weighted by molar-refractivity contribution is 9.10. The van der Waals surface area contributed by atoms with Crippen molar-refractivity contribution in [2.24, 2.45) is 0 Å². The summed E-state index contributed by atoms with van der Waals surface area (Å²) in [6.45, 7) is 4.03. The molecule has 20 heavy (non-hydrogen) atoms. The van der Waals surface area contributed by atoms with Gasteiger partial charge in [-0.2, -0.15) is 5.10 Å². The molecule has 0 fully saturated rings. The molecule has 6 heteroatoms. The number of aliphatic hydroxyl groups is 1. The first kappa shape index (κ1) is 15.9. The fourth-order valence-electron chi connectivity index (χ4n) is 1.86. The molecule has 1 heterocycles. The topological polar surface area (TPSA) is 38.0 Å². The van der Waals surface area contributed by atoms with Gasteiger partial charge in [-0.05, 0) is 38.1 Å². The van der Waals surface area contributed by atoms with E-state index in [0.717, 1.165) is 9.37 Å². The largest absolute Gasteiger partial charge is 0.386 e. The van der Waals surface area contributed by atoms with Crippen LogP contribution in [0, 0.1) is 0 Å². The van der Waals surface area contributed by atoms with Gasteiger partial charge in [-0.1, -0.05) is 27.5 Å². The molecule has 0 saturated carbocycles. The van der Waals surface area contributed by atoms with E-state index in [-0.39, 0.29) is 6.04 Å². The second-order valence-electron chi connectivity index (χ2n) is 4.70. The first-order valence-corrected chi connectivity index (χ1v) is 8.44. The van der Waals surface area contributed by atoms with Crippen molar-refractivity contribution in [3.63, 3.8) is 0 Å². The quantitative estimate of drug-likeness (QED) is 0.769. The van der Waals surface area contributed by atoms with Gasteiger partial charge in [0.1, 0.15) is 6.10 Å². The predicted octanol–water partition coefficient (Wildman–Crippen LogP) is 4.71. The van der Waals surface area contributed by atoms with Crippen molar-refractivity contribution in [3.8, 4) is 0 Å². The lowest BCUT2D eigenvalue weighted by molar-refractivity contribution is 0.189. The molecule has 1 N–H and O–H groups in total. The second-order valence-corrected chi connectivity index (χ2v) is 7.11. The minimum atomic E-state index is -0.638. The highest BCUT2D eigenvalue weighted by Gasteiger charge is 2.19. The van der Waals surface area contributed by atoms with Crippen molar-refractivity contribution in [2.45, 2.75) is 30.9 Å². The zero-order valence-electron chi connectivity index (χ0n) is 11.3. The smallest absolute Gasteiger partial charge is 0.106 e. The van der Waals surface area contributed by atoms with Gasteiger partial charge in [-0.15, -0.1) is 11.8 Å². The number of aliphatic hydroxyl groups excluding tert-OH is 1. The van der Waals surface area contributed by atoms with E-state index in [4.69, 9.17) is 11.6 Å². The van der Waals surface area contributed by atoms with Crippen molar-refractivity contribution >= 4 is 39.3 Å². The van der Waals surface area contributed by atoms with Crippen LogP contribution >= 0.6 is 39.3 Å². The van der Waals surface area contributed by atoms with E-state index in [1.165, 1.54) is 0 Å². The van der Waals surface area contributed by atoms with Crippen LogP contribution in [0.25, 0.3) is 0 Å². The van der Waals surface area contributed by atoms with Gasteiger partial charge in [0.05, 0.1) is 16.9 Å². The molecule has 0 saturated heterocycles. The maximum atomic E-state index is 10.4. The number of aromatic nitrogens is 2. The van der Waals surface area contributed by atoms with E-state index >= 15 is 0 Å². The van der Waals surface area contributed by atoms with Gasteiger partial charge in [0.15, 0.2) is 0 Å². The van der Waals surface area contributed by atoms with Crippen molar-refractivity contribution in [1.29, 1.82) is 0 Å². The fraction of sp³-hybridized carbons (Fsp3) is 0.357. The molecule has 1 aromatic carbocycles. The monoisotopic (exact) mass is 374 g/mol. The fourth-order valence-corrected chi connectivity index (χ4v) is 3.22. The Hall–Kier alpha value is -0.490. The zero-order valence-corrected chi connectivity index (χ0v) is 14.4. The third-order valence-corrected chi connectivity index (χ3v) is 4.72. The van der Waals surface area contributed by atoms with Crippen molar-refractivity contribution < 1.29 is 5.11 Å². The molecule has 0 radical (unpaired) electrons. The number of halogens is 2. The Bertz CT molecular complexity index is 571. The lowest BCUT2D eigenvalue weighted by atomic mass is 10.2. The average Bonchev–Trinajstić information content (AvgIpc) is 2.80. The van der Waals surface area contributed by atoms with E-state index in [1.807, 2.05) is 38.1 Å². The summed E-state index contributed by atoms with van der Waals surface area (Å²) in [5, 5.41) is 15.1. The SMILES string of the molecule is CC(C)n1ncc(Cl)c1C(O)CSc1ccc(Br)cc1. The van der Waals surface area contributed by atoms with Crippen LogP contribution in [-0.4, -0.2) is 20.6 Å². The molecule has 0 aliphatic rings. The molecule has 3 nitrogen and oxygen atoms in total. The summed E-state index contributed by atoms with van der Waals surface area (Å²) in [5.41, 5.74) is 0.686. The summed E-state index contributed by atoms with van der Waals surface area (Å²) in [6.07, 6.45) is 0.950. The molecule has 0 bridgehead atoms. The summed E-state index contributed by atoms with van der Waals surface area (Å²) in [6, 6.07) is 8.18. The summed E-state index contributed by atoms with van der Waals surface area (Å²) in [4.78, 5) is 1.11. The minimum Gasteiger partial charge on any atom is -0.386 e. The zero-order chi connectivity index (χ0) is 14.7. The Balaban J connectivity index is 2.07. The number of nitrogens with zero attached hydrogens (tertiary/aromatic N) is 2. The predicted molar refractivity (Wildman–Crippen MR) is 87.4 cm³/mol. The maximum Gasteiger partial charge on any atom is 0.106 e. The molecule has 1 aromatic heterocycles. The molecular formula is C14H16BrClN2OS. The van der Waals surface area contributed by atoms with Crippen LogP contribution in [0.15, 0.2) is 39.8 Å². The molecule has 0 spiro atoms. The van der Waals surface area contributed by atoms with Gasteiger partial charge >= 0.3 is 0 Å². The van der Waals surface area contributed by atoms with Gasteiger partial charge in [-0.25, -0.2) is 0 Å². The van der Waals surface area contributed by atoms with Crippen LogP contribution in [0.2, 0.25) is 5.02 Å². The lowest BCUT2D eigenvalue weighted by Gasteiger charge is -2.16. The number of hydrogen-bond acceptors (Lipinski definition) is 3. The van der Waals surface area contributed by atoms with Gasteiger partial charge in [0.25, 0.3) is 0 Å². The Kier molecular flexibility index (Phi) is 5.55. The average molecular weight is 376 g/mol. The molecule has 0 amide bonds. The van der Waals surface area contributed by atoms with Crippen LogP contribution in [0.1, 0.15) is 31.7 Å². The number of rotatable bonds is 5. The van der Waals surface area contributed by atoms with E-state index < -0.39 is 6.10 Å². The molecule has 1 atom stereocenters. The van der Waals surface area contributed by atoms with Crippen molar-refractivity contribution in [3.05, 3.63) is 45.7 Å². The van der Waals surface area contributed by atoms with E-state index in [0.29, 0.717) is 16.5 Å². The third-order valence-electron chi connectivity index (χ3n) is 2.81. The number of benzene rings is 1. The van der Waals surface area contributed by atoms with Crippen molar-refractivity contribution in [2.75, 3.05) is 5.75 Å². The molecule has 0 aliphatic heterocycles. The van der Waals surface area contributed by atoms with Crippen LogP contribution in [0.5, 0.6) is 0 Å². The number of hydrogen-bond donors (Lipinski definition) is 1. The van der Waals surface area contributed by atoms with Crippen LogP contribution in [0.4, 0.5) is 0 Å². The van der Waals surface area contributed by atoms with Crippen LogP contribution < -0.4 is 0 Å². The molecule has 108 valence electrons. The Morgan fingerprint density at radius 1 is 1.35 bits per heavy atom. The van der Waals surface area contributed by atoms with Gasteiger partial charge < -0.3 is 5.11 Å². The normalized spacial score (nSPS) is 12.9. The first-order chi connectivity index (χ1) is 9.49. The Morgan fingerprint density at radius 3 is 2.60 bits per heavy atom. The van der Waals surface area contributed by atoms with Crippen LogP contribution in [-0.2, 0) is 0 Å². The maximum absolute atomic E-state index is 10.4. The highest BCUT2D eigenvalue weighted by atomic mass is 79.9. The summed E-state index contributed by atoms with van der Waals surface area (Å²) >= 11 is 11.1. The highest BCUT2D eigenvalue weighted by Crippen LogP contribution is 2.30. The lowest BCUT2D eigenvalue weighted by Crippen LogP contribution is -2.13. The van der Waals surface area contributed by atoms with Crippen molar-refractivity contribution in [1.82, 2.24) is 9.78 Å². The second kappa shape index (κ2) is 6.98. The molecule has 0 aliphatic carbocycles. The standard InChI is InChI=1S/C14H16BrClN2OS/c1-9(2)18-14(12(16)7-17-18)13(19)8-20-11-5-3-10(15)4-6-11/h3-7,9,13,19H,8H2,1-2H3. The minimum absolute atomic E-state index is 0.171. The van der Waals surface area contributed by atoms with Gasteiger partial charge in [-0.3, -0.25) is 4.68 Å². The first-order valence-electron chi connectivity index (χ1n) is 6.28. The van der Waals surface area contributed by atoms with E-state index in [1.54, 1.807) is 22.6 Å². The van der Waals surface area contributed by atoms with E-state index in [9.17, 15) is 5.11 Å². The van der Waals surface area contributed by atoms with Gasteiger partial charge in [0, 0.05) is 21.2 Å². The third kappa shape index (κ3) is 3.79. The van der Waals surface area contributed by atoms with Gasteiger partial charge in [0.2, 0.25) is 0 Å².